The highest BCUT2D eigenvalue weighted by atomic mass is 16.3. The van der Waals surface area contributed by atoms with E-state index in [9.17, 15) is 10.2 Å². The van der Waals surface area contributed by atoms with E-state index in [4.69, 9.17) is 0 Å². The summed E-state index contributed by atoms with van der Waals surface area (Å²) in [5.74, 6) is 0. The Labute approximate surface area is 69.2 Å². The van der Waals surface area contributed by atoms with Gasteiger partial charge < -0.3 is 10.2 Å². The van der Waals surface area contributed by atoms with Crippen LogP contribution in [-0.2, 0) is 0 Å². The maximum atomic E-state index is 9.54. The minimum Gasteiger partial charge on any atom is -0.390 e. The van der Waals surface area contributed by atoms with Crippen molar-refractivity contribution >= 4 is 0 Å². The molecule has 0 aliphatic carbocycles. The molecular weight excluding hydrogens is 140 g/mol. The van der Waals surface area contributed by atoms with Gasteiger partial charge in [0.1, 0.15) is 0 Å². The fourth-order valence-electron chi connectivity index (χ4n) is 1.03. The molecule has 2 atom stereocenters. The van der Waals surface area contributed by atoms with Crippen molar-refractivity contribution in [3.8, 4) is 0 Å². The Balaban J connectivity index is 3.91. The molecule has 0 aromatic heterocycles. The average Bonchev–Trinajstić information content (AvgIpc) is 1.85. The highest BCUT2D eigenvalue weighted by Crippen LogP contribution is 2.23. The first kappa shape index (κ1) is 10.9. The first-order valence-electron chi connectivity index (χ1n) is 4.25. The molecule has 2 unspecified atom stereocenters. The molecule has 11 heavy (non-hydrogen) atoms. The zero-order valence-electron chi connectivity index (χ0n) is 7.96. The minimum absolute atomic E-state index is 0.214. The molecule has 0 radical (unpaired) electrons. The van der Waals surface area contributed by atoms with E-state index < -0.39 is 12.2 Å². The largest absolute Gasteiger partial charge is 0.390 e. The maximum absolute atomic E-state index is 9.54. The molecule has 0 aliphatic heterocycles. The second-order valence-corrected chi connectivity index (χ2v) is 4.17. The van der Waals surface area contributed by atoms with E-state index in [0.717, 1.165) is 6.42 Å². The van der Waals surface area contributed by atoms with E-state index in [0.29, 0.717) is 6.42 Å². The number of aliphatic hydroxyl groups is 2. The van der Waals surface area contributed by atoms with Crippen LogP contribution in [0.2, 0.25) is 0 Å². The summed E-state index contributed by atoms with van der Waals surface area (Å²) in [4.78, 5) is 0. The van der Waals surface area contributed by atoms with E-state index in [1.807, 2.05) is 27.7 Å². The van der Waals surface area contributed by atoms with Crippen LogP contribution in [-0.4, -0.2) is 22.4 Å². The number of hydrogen-bond donors (Lipinski definition) is 2. The lowest BCUT2D eigenvalue weighted by atomic mass is 9.84. The smallest absolute Gasteiger partial charge is 0.0847 e. The fraction of sp³-hybridized carbons (Fsp3) is 1.00. The Morgan fingerprint density at radius 2 is 1.64 bits per heavy atom. The number of hydrogen-bond acceptors (Lipinski definition) is 2. The van der Waals surface area contributed by atoms with E-state index >= 15 is 0 Å². The molecule has 0 amide bonds. The van der Waals surface area contributed by atoms with Crippen molar-refractivity contribution in [2.24, 2.45) is 5.41 Å². The predicted octanol–water partition coefficient (Wildman–Crippen LogP) is 1.55. The summed E-state index contributed by atoms with van der Waals surface area (Å²) < 4.78 is 0. The van der Waals surface area contributed by atoms with E-state index in [1.165, 1.54) is 0 Å². The lowest BCUT2D eigenvalue weighted by molar-refractivity contribution is -0.0474. The number of aliphatic hydroxyl groups excluding tert-OH is 2. The summed E-state index contributed by atoms with van der Waals surface area (Å²) in [5, 5.41) is 18.9. The molecule has 2 heteroatoms. The monoisotopic (exact) mass is 160 g/mol. The van der Waals surface area contributed by atoms with Gasteiger partial charge in [-0.3, -0.25) is 0 Å². The molecule has 2 nitrogen and oxygen atoms in total. The number of rotatable bonds is 3. The SMILES string of the molecule is CCCC(O)C(O)C(C)(C)C. The maximum Gasteiger partial charge on any atom is 0.0847 e. The first-order chi connectivity index (χ1) is 4.89. The third kappa shape index (κ3) is 3.73. The summed E-state index contributed by atoms with van der Waals surface area (Å²) in [6.45, 7) is 7.78. The first-order valence-corrected chi connectivity index (χ1v) is 4.25. The van der Waals surface area contributed by atoms with Gasteiger partial charge in [0.25, 0.3) is 0 Å². The molecule has 0 rings (SSSR count). The second kappa shape index (κ2) is 4.07. The van der Waals surface area contributed by atoms with Crippen LogP contribution in [0.15, 0.2) is 0 Å². The van der Waals surface area contributed by atoms with Crippen molar-refractivity contribution < 1.29 is 10.2 Å². The Kier molecular flexibility index (Phi) is 4.04. The van der Waals surface area contributed by atoms with Crippen molar-refractivity contribution in [2.45, 2.75) is 52.7 Å². The molecule has 0 bridgehead atoms. The molecule has 0 heterocycles. The van der Waals surface area contributed by atoms with E-state index in [2.05, 4.69) is 0 Å². The summed E-state index contributed by atoms with van der Waals surface area (Å²) in [6.07, 6.45) is 0.412. The topological polar surface area (TPSA) is 40.5 Å². The Bertz CT molecular complexity index is 105. The van der Waals surface area contributed by atoms with Crippen LogP contribution < -0.4 is 0 Å². The molecule has 0 saturated heterocycles. The van der Waals surface area contributed by atoms with E-state index in [-0.39, 0.29) is 5.41 Å². The summed E-state index contributed by atoms with van der Waals surface area (Å²) >= 11 is 0. The highest BCUT2D eigenvalue weighted by molar-refractivity contribution is 4.78. The molecule has 0 spiro atoms. The van der Waals surface area contributed by atoms with Gasteiger partial charge in [0.15, 0.2) is 0 Å². The van der Waals surface area contributed by atoms with Gasteiger partial charge in [-0.15, -0.1) is 0 Å². The standard InChI is InChI=1S/C9H20O2/c1-5-6-7(10)8(11)9(2,3)4/h7-8,10-11H,5-6H2,1-4H3. The zero-order valence-corrected chi connectivity index (χ0v) is 7.96. The average molecular weight is 160 g/mol. The highest BCUT2D eigenvalue weighted by Gasteiger charge is 2.28. The van der Waals surface area contributed by atoms with E-state index in [1.54, 1.807) is 0 Å². The van der Waals surface area contributed by atoms with Crippen molar-refractivity contribution in [3.05, 3.63) is 0 Å². The van der Waals surface area contributed by atoms with Gasteiger partial charge in [0.2, 0.25) is 0 Å². The lowest BCUT2D eigenvalue weighted by Crippen LogP contribution is -2.37. The van der Waals surface area contributed by atoms with Gasteiger partial charge in [-0.25, -0.2) is 0 Å². The third-order valence-corrected chi connectivity index (χ3v) is 1.84. The molecule has 0 aromatic carbocycles. The molecular formula is C9H20O2. The summed E-state index contributed by atoms with van der Waals surface area (Å²) in [5.41, 5.74) is -0.214. The van der Waals surface area contributed by atoms with Gasteiger partial charge in [0, 0.05) is 0 Å². The minimum atomic E-state index is -0.609. The van der Waals surface area contributed by atoms with Crippen LogP contribution in [0.3, 0.4) is 0 Å². The van der Waals surface area contributed by atoms with Crippen molar-refractivity contribution in [2.75, 3.05) is 0 Å². The van der Waals surface area contributed by atoms with Gasteiger partial charge in [-0.2, -0.15) is 0 Å². The van der Waals surface area contributed by atoms with Crippen LogP contribution in [0.25, 0.3) is 0 Å². The molecule has 2 N–H and O–H groups in total. The quantitative estimate of drug-likeness (QED) is 0.657. The molecule has 0 aliphatic rings. The Hall–Kier alpha value is -0.0800. The third-order valence-electron chi connectivity index (χ3n) is 1.84. The van der Waals surface area contributed by atoms with Crippen LogP contribution in [0.1, 0.15) is 40.5 Å². The summed E-state index contributed by atoms with van der Waals surface area (Å²) in [7, 11) is 0. The zero-order chi connectivity index (χ0) is 9.07. The molecule has 0 aromatic rings. The van der Waals surface area contributed by atoms with Crippen molar-refractivity contribution in [1.82, 2.24) is 0 Å². The van der Waals surface area contributed by atoms with Crippen molar-refractivity contribution in [1.29, 1.82) is 0 Å². The lowest BCUT2D eigenvalue weighted by Gasteiger charge is -2.29. The van der Waals surface area contributed by atoms with Gasteiger partial charge in [-0.1, -0.05) is 34.1 Å². The van der Waals surface area contributed by atoms with Crippen LogP contribution in [0, 0.1) is 5.41 Å². The van der Waals surface area contributed by atoms with Crippen LogP contribution in [0.4, 0.5) is 0 Å². The van der Waals surface area contributed by atoms with Gasteiger partial charge in [-0.05, 0) is 11.8 Å². The van der Waals surface area contributed by atoms with Crippen LogP contribution in [0.5, 0.6) is 0 Å². The summed E-state index contributed by atoms with van der Waals surface area (Å²) in [6, 6.07) is 0. The fourth-order valence-corrected chi connectivity index (χ4v) is 1.03. The molecule has 0 fully saturated rings. The predicted molar refractivity (Wildman–Crippen MR) is 46.4 cm³/mol. The Morgan fingerprint density at radius 3 is 1.91 bits per heavy atom. The second-order valence-electron chi connectivity index (χ2n) is 4.17. The Morgan fingerprint density at radius 1 is 1.18 bits per heavy atom. The normalized spacial score (nSPS) is 18.0. The van der Waals surface area contributed by atoms with Gasteiger partial charge in [0.05, 0.1) is 12.2 Å². The van der Waals surface area contributed by atoms with Crippen LogP contribution >= 0.6 is 0 Å². The van der Waals surface area contributed by atoms with Gasteiger partial charge >= 0.3 is 0 Å². The van der Waals surface area contributed by atoms with Crippen molar-refractivity contribution in [3.63, 3.8) is 0 Å². The molecule has 0 saturated carbocycles. The molecule has 68 valence electrons.